The molecule has 1 unspecified atom stereocenters. The molecule has 1 heterocycles. The standard InChI is InChI=1S/C25H25NO6S/c1-2-30-25(27)20-9-6-10-21(16-20)33(28,29)26-22(15-18-7-4-3-5-8-18)19-11-12-23-24(17-19)32-14-13-31-23/h3-12,16-17,22,26H,2,13-15H2,1H3. The summed E-state index contributed by atoms with van der Waals surface area (Å²) in [5, 5.41) is 0. The fraction of sp³-hybridized carbons (Fsp3) is 0.240. The minimum atomic E-state index is -3.95. The minimum Gasteiger partial charge on any atom is -0.486 e. The predicted octanol–water partition coefficient (Wildman–Crippen LogP) is 3.90. The highest BCUT2D eigenvalue weighted by Crippen LogP contribution is 2.34. The van der Waals surface area contributed by atoms with Crippen LogP contribution in [-0.2, 0) is 21.2 Å². The van der Waals surface area contributed by atoms with Crippen molar-refractivity contribution in [1.29, 1.82) is 0 Å². The first-order valence-electron chi connectivity index (χ1n) is 10.7. The van der Waals surface area contributed by atoms with E-state index in [-0.39, 0.29) is 17.1 Å². The quantitative estimate of drug-likeness (QED) is 0.506. The number of carbonyl (C=O) groups is 1. The van der Waals surface area contributed by atoms with E-state index in [1.165, 1.54) is 24.3 Å². The highest BCUT2D eigenvalue weighted by molar-refractivity contribution is 7.89. The van der Waals surface area contributed by atoms with Crippen molar-refractivity contribution in [3.63, 3.8) is 0 Å². The van der Waals surface area contributed by atoms with Crippen LogP contribution < -0.4 is 14.2 Å². The van der Waals surface area contributed by atoms with Crippen LogP contribution in [0.3, 0.4) is 0 Å². The molecule has 0 aliphatic carbocycles. The van der Waals surface area contributed by atoms with Gasteiger partial charge in [0, 0.05) is 0 Å². The lowest BCUT2D eigenvalue weighted by Crippen LogP contribution is -2.30. The maximum absolute atomic E-state index is 13.3. The second kappa shape index (κ2) is 10.1. The summed E-state index contributed by atoms with van der Waals surface area (Å²) in [7, 11) is -3.95. The lowest BCUT2D eigenvalue weighted by atomic mass is 9.99. The Balaban J connectivity index is 1.66. The molecule has 0 spiro atoms. The maximum Gasteiger partial charge on any atom is 0.338 e. The number of rotatable bonds is 8. The molecular weight excluding hydrogens is 442 g/mol. The molecule has 0 saturated carbocycles. The summed E-state index contributed by atoms with van der Waals surface area (Å²) in [5.41, 5.74) is 1.90. The number of nitrogens with one attached hydrogen (secondary N) is 1. The van der Waals surface area contributed by atoms with Crippen molar-refractivity contribution in [2.45, 2.75) is 24.3 Å². The van der Waals surface area contributed by atoms with Gasteiger partial charge in [-0.2, -0.15) is 0 Å². The Hall–Kier alpha value is -3.36. The highest BCUT2D eigenvalue weighted by Gasteiger charge is 2.24. The smallest absolute Gasteiger partial charge is 0.338 e. The van der Waals surface area contributed by atoms with Gasteiger partial charge in [0.25, 0.3) is 0 Å². The first-order chi connectivity index (χ1) is 16.0. The SMILES string of the molecule is CCOC(=O)c1cccc(S(=O)(=O)NC(Cc2ccccc2)c2ccc3c(c2)OCCO3)c1. The highest BCUT2D eigenvalue weighted by atomic mass is 32.2. The fourth-order valence-electron chi connectivity index (χ4n) is 3.61. The van der Waals surface area contributed by atoms with E-state index in [1.54, 1.807) is 19.1 Å². The van der Waals surface area contributed by atoms with Crippen molar-refractivity contribution in [3.05, 3.63) is 89.5 Å². The first kappa shape index (κ1) is 22.8. The normalized spacial score (nSPS) is 13.8. The number of fused-ring (bicyclic) bond motifs is 1. The average Bonchev–Trinajstić information content (AvgIpc) is 2.84. The van der Waals surface area contributed by atoms with E-state index in [4.69, 9.17) is 14.2 Å². The molecule has 172 valence electrons. The van der Waals surface area contributed by atoms with E-state index in [1.807, 2.05) is 36.4 Å². The average molecular weight is 468 g/mol. The van der Waals surface area contributed by atoms with Gasteiger partial charge in [-0.25, -0.2) is 17.9 Å². The maximum atomic E-state index is 13.3. The summed E-state index contributed by atoms with van der Waals surface area (Å²) in [5.74, 6) is 0.649. The first-order valence-corrected chi connectivity index (χ1v) is 12.2. The summed E-state index contributed by atoms with van der Waals surface area (Å²) in [6, 6.07) is 20.3. The third kappa shape index (κ3) is 5.53. The molecule has 1 aliphatic rings. The van der Waals surface area contributed by atoms with Crippen LogP contribution in [0.5, 0.6) is 11.5 Å². The van der Waals surface area contributed by atoms with Crippen molar-refractivity contribution in [3.8, 4) is 11.5 Å². The van der Waals surface area contributed by atoms with Crippen LogP contribution in [0.25, 0.3) is 0 Å². The Morgan fingerprint density at radius 2 is 1.73 bits per heavy atom. The Morgan fingerprint density at radius 3 is 2.48 bits per heavy atom. The summed E-state index contributed by atoms with van der Waals surface area (Å²) in [6.07, 6.45) is 0.428. The van der Waals surface area contributed by atoms with Crippen LogP contribution in [-0.4, -0.2) is 34.2 Å². The van der Waals surface area contributed by atoms with Crippen molar-refractivity contribution >= 4 is 16.0 Å². The van der Waals surface area contributed by atoms with Gasteiger partial charge in [0.2, 0.25) is 10.0 Å². The predicted molar refractivity (Wildman–Crippen MR) is 123 cm³/mol. The number of hydrogen-bond donors (Lipinski definition) is 1. The summed E-state index contributed by atoms with van der Waals surface area (Å²) in [6.45, 7) is 2.81. The fourth-order valence-corrected chi connectivity index (χ4v) is 4.88. The van der Waals surface area contributed by atoms with Gasteiger partial charge < -0.3 is 14.2 Å². The number of benzene rings is 3. The zero-order valence-electron chi connectivity index (χ0n) is 18.2. The number of hydrogen-bond acceptors (Lipinski definition) is 6. The molecule has 0 bridgehead atoms. The minimum absolute atomic E-state index is 0.0105. The van der Waals surface area contributed by atoms with E-state index in [9.17, 15) is 13.2 Å². The zero-order valence-corrected chi connectivity index (χ0v) is 19.0. The molecule has 7 nitrogen and oxygen atoms in total. The van der Waals surface area contributed by atoms with Crippen LogP contribution >= 0.6 is 0 Å². The molecule has 0 aromatic heterocycles. The molecule has 33 heavy (non-hydrogen) atoms. The summed E-state index contributed by atoms with van der Waals surface area (Å²) >= 11 is 0. The molecule has 0 amide bonds. The van der Waals surface area contributed by atoms with Gasteiger partial charge in [0.05, 0.1) is 23.1 Å². The van der Waals surface area contributed by atoms with Gasteiger partial charge in [-0.1, -0.05) is 42.5 Å². The summed E-state index contributed by atoms with van der Waals surface area (Å²) in [4.78, 5) is 12.1. The summed E-state index contributed by atoms with van der Waals surface area (Å²) < 4.78 is 45.7. The monoisotopic (exact) mass is 467 g/mol. The van der Waals surface area contributed by atoms with Gasteiger partial charge in [-0.15, -0.1) is 0 Å². The van der Waals surface area contributed by atoms with Gasteiger partial charge in [0.15, 0.2) is 11.5 Å². The van der Waals surface area contributed by atoms with Crippen molar-refractivity contribution in [2.24, 2.45) is 0 Å². The van der Waals surface area contributed by atoms with Crippen LogP contribution in [0, 0.1) is 0 Å². The van der Waals surface area contributed by atoms with Gasteiger partial charge in [-0.3, -0.25) is 0 Å². The van der Waals surface area contributed by atoms with Crippen molar-refractivity contribution < 1.29 is 27.4 Å². The second-order valence-corrected chi connectivity index (χ2v) is 9.23. The van der Waals surface area contributed by atoms with E-state index in [2.05, 4.69) is 4.72 Å². The van der Waals surface area contributed by atoms with Crippen molar-refractivity contribution in [1.82, 2.24) is 4.72 Å². The molecule has 0 fully saturated rings. The molecule has 1 atom stereocenters. The third-order valence-electron chi connectivity index (χ3n) is 5.20. The molecule has 1 N–H and O–H groups in total. The molecule has 0 saturated heterocycles. The molecule has 0 radical (unpaired) electrons. The lowest BCUT2D eigenvalue weighted by Gasteiger charge is -2.23. The number of sulfonamides is 1. The molecule has 3 aromatic rings. The number of carbonyl (C=O) groups excluding carboxylic acids is 1. The zero-order chi connectivity index (χ0) is 23.3. The van der Waals surface area contributed by atoms with Crippen molar-refractivity contribution in [2.75, 3.05) is 19.8 Å². The largest absolute Gasteiger partial charge is 0.486 e. The second-order valence-electron chi connectivity index (χ2n) is 7.51. The van der Waals surface area contributed by atoms with Crippen LogP contribution in [0.4, 0.5) is 0 Å². The van der Waals surface area contributed by atoms with Crippen LogP contribution in [0.15, 0.2) is 77.7 Å². The lowest BCUT2D eigenvalue weighted by molar-refractivity contribution is 0.0526. The van der Waals surface area contributed by atoms with E-state index < -0.39 is 22.0 Å². The van der Waals surface area contributed by atoms with E-state index >= 15 is 0 Å². The topological polar surface area (TPSA) is 90.9 Å². The third-order valence-corrected chi connectivity index (χ3v) is 6.67. The van der Waals surface area contributed by atoms with Crippen LogP contribution in [0.1, 0.15) is 34.5 Å². The Bertz CT molecular complexity index is 1230. The molecule has 3 aromatic carbocycles. The van der Waals surface area contributed by atoms with Gasteiger partial charge >= 0.3 is 5.97 Å². The van der Waals surface area contributed by atoms with E-state index in [0.29, 0.717) is 31.1 Å². The van der Waals surface area contributed by atoms with Gasteiger partial charge in [0.1, 0.15) is 13.2 Å². The molecule has 1 aliphatic heterocycles. The Morgan fingerprint density at radius 1 is 0.970 bits per heavy atom. The number of ether oxygens (including phenoxy) is 3. The van der Waals surface area contributed by atoms with E-state index in [0.717, 1.165) is 11.1 Å². The Labute approximate surface area is 193 Å². The van der Waals surface area contributed by atoms with Crippen LogP contribution in [0.2, 0.25) is 0 Å². The molecule has 8 heteroatoms. The number of esters is 1. The van der Waals surface area contributed by atoms with Gasteiger partial charge in [-0.05, 0) is 54.8 Å². The molecule has 4 rings (SSSR count). The Kier molecular flexibility index (Phi) is 6.96. The molecular formula is C25H25NO6S.